The van der Waals surface area contributed by atoms with Crippen LogP contribution in [0.4, 0.5) is 5.69 Å². The van der Waals surface area contributed by atoms with Crippen molar-refractivity contribution in [3.8, 4) is 28.4 Å². The molecule has 2 heterocycles. The Hall–Kier alpha value is -4.66. The van der Waals surface area contributed by atoms with Crippen LogP contribution in [0.3, 0.4) is 0 Å². The Morgan fingerprint density at radius 3 is 2.54 bits per heavy atom. The Kier molecular flexibility index (Phi) is 5.88. The van der Waals surface area contributed by atoms with Gasteiger partial charge in [0.1, 0.15) is 0 Å². The lowest BCUT2D eigenvalue weighted by Crippen LogP contribution is -2.27. The maximum atomic E-state index is 13.2. The third-order valence-electron chi connectivity index (χ3n) is 5.79. The molecule has 0 spiro atoms. The molecule has 0 saturated carbocycles. The normalized spacial score (nSPS) is 11.9. The Morgan fingerprint density at radius 2 is 1.80 bits per heavy atom. The van der Waals surface area contributed by atoms with Gasteiger partial charge in [-0.25, -0.2) is 4.68 Å². The number of fused-ring (bicyclic) bond motifs is 1. The van der Waals surface area contributed by atoms with Crippen molar-refractivity contribution < 1.29 is 19.2 Å². The lowest BCUT2D eigenvalue weighted by Gasteiger charge is -2.17. The minimum atomic E-state index is -0.443. The van der Waals surface area contributed by atoms with Gasteiger partial charge < -0.3 is 14.4 Å². The Balaban J connectivity index is 1.40. The van der Waals surface area contributed by atoms with E-state index in [1.165, 1.54) is 12.1 Å². The number of nitro groups is 1. The quantitative estimate of drug-likeness (QED) is 0.294. The molecule has 9 nitrogen and oxygen atoms in total. The van der Waals surface area contributed by atoms with Crippen molar-refractivity contribution in [2.24, 2.45) is 0 Å². The number of likely N-dealkylation sites (N-methyl/N-ethyl adjacent to an activating group) is 1. The second kappa shape index (κ2) is 9.30. The summed E-state index contributed by atoms with van der Waals surface area (Å²) in [6.07, 6.45) is 1.96. The first-order chi connectivity index (χ1) is 17.0. The van der Waals surface area contributed by atoms with Crippen LogP contribution in [0.25, 0.3) is 16.9 Å². The van der Waals surface area contributed by atoms with Gasteiger partial charge in [-0.1, -0.05) is 24.3 Å². The second-order valence-corrected chi connectivity index (χ2v) is 8.20. The number of para-hydroxylation sites is 1. The number of ether oxygens (including phenoxy) is 2. The average molecular weight is 470 g/mol. The molecule has 5 rings (SSSR count). The summed E-state index contributed by atoms with van der Waals surface area (Å²) in [5, 5.41) is 15.8. The zero-order valence-corrected chi connectivity index (χ0v) is 19.0. The summed E-state index contributed by atoms with van der Waals surface area (Å²) in [4.78, 5) is 25.4. The van der Waals surface area contributed by atoms with Gasteiger partial charge in [0.05, 0.1) is 22.7 Å². The zero-order valence-electron chi connectivity index (χ0n) is 19.0. The summed E-state index contributed by atoms with van der Waals surface area (Å²) in [7, 11) is 1.75. The van der Waals surface area contributed by atoms with Gasteiger partial charge in [0, 0.05) is 43.0 Å². The summed E-state index contributed by atoms with van der Waals surface area (Å²) in [5.41, 5.74) is 3.81. The first kappa shape index (κ1) is 22.1. The Labute approximate surface area is 201 Å². The monoisotopic (exact) mass is 470 g/mol. The number of carbonyl (C=O) groups is 1. The fraction of sp³-hybridized carbons (Fsp3) is 0.154. The number of hydrogen-bond donors (Lipinski definition) is 0. The van der Waals surface area contributed by atoms with Gasteiger partial charge in [0.2, 0.25) is 12.7 Å². The Bertz CT molecular complexity index is 1380. The SMILES string of the molecule is CN(Cc1ccc2c(c1)OCO2)C(=O)Cc1cn(-c2ccccc2)nc1-c1ccc([N+](=O)[O-])cc1. The summed E-state index contributed by atoms with van der Waals surface area (Å²) >= 11 is 0. The zero-order chi connectivity index (χ0) is 24.4. The van der Waals surface area contributed by atoms with Crippen molar-refractivity contribution >= 4 is 11.6 Å². The molecule has 0 fully saturated rings. The molecule has 0 bridgehead atoms. The van der Waals surface area contributed by atoms with Crippen molar-refractivity contribution in [2.45, 2.75) is 13.0 Å². The molecule has 1 aliphatic heterocycles. The van der Waals surface area contributed by atoms with Gasteiger partial charge in [0.25, 0.3) is 5.69 Å². The van der Waals surface area contributed by atoms with E-state index in [0.29, 0.717) is 29.3 Å². The van der Waals surface area contributed by atoms with E-state index >= 15 is 0 Å². The first-order valence-corrected chi connectivity index (χ1v) is 11.0. The highest BCUT2D eigenvalue weighted by Gasteiger charge is 2.20. The van der Waals surface area contributed by atoms with Crippen molar-refractivity contribution in [3.63, 3.8) is 0 Å². The summed E-state index contributed by atoms with van der Waals surface area (Å²) < 4.78 is 12.5. The smallest absolute Gasteiger partial charge is 0.269 e. The van der Waals surface area contributed by atoms with Crippen LogP contribution in [0, 0.1) is 10.1 Å². The van der Waals surface area contributed by atoms with Crippen LogP contribution in [-0.2, 0) is 17.8 Å². The van der Waals surface area contributed by atoms with E-state index in [9.17, 15) is 14.9 Å². The van der Waals surface area contributed by atoms with Crippen molar-refractivity contribution in [3.05, 3.63) is 100 Å². The van der Waals surface area contributed by atoms with Crippen LogP contribution >= 0.6 is 0 Å². The highest BCUT2D eigenvalue weighted by molar-refractivity contribution is 5.81. The van der Waals surface area contributed by atoms with E-state index in [2.05, 4.69) is 0 Å². The number of nitrogens with zero attached hydrogens (tertiary/aromatic N) is 4. The number of hydrogen-bond acceptors (Lipinski definition) is 6. The number of non-ortho nitro benzene ring substituents is 1. The standard InChI is InChI=1S/C26H22N4O5/c1-28(15-18-7-12-23-24(13-18)35-17-34-23)25(31)14-20-16-29(21-5-3-2-4-6-21)27-26(20)19-8-10-22(11-9-19)30(32)33/h2-13,16H,14-15,17H2,1H3. The number of benzene rings is 3. The number of rotatable bonds is 7. The highest BCUT2D eigenvalue weighted by Crippen LogP contribution is 2.33. The molecule has 0 atom stereocenters. The molecule has 0 unspecified atom stereocenters. The second-order valence-electron chi connectivity index (χ2n) is 8.20. The molecule has 1 aliphatic rings. The van der Waals surface area contributed by atoms with E-state index < -0.39 is 4.92 Å². The first-order valence-electron chi connectivity index (χ1n) is 11.0. The van der Waals surface area contributed by atoms with Crippen LogP contribution in [0.1, 0.15) is 11.1 Å². The van der Waals surface area contributed by atoms with Crippen molar-refractivity contribution in [2.75, 3.05) is 13.8 Å². The van der Waals surface area contributed by atoms with Crippen LogP contribution in [0.2, 0.25) is 0 Å². The van der Waals surface area contributed by atoms with Gasteiger partial charge in [0.15, 0.2) is 11.5 Å². The molecule has 0 aliphatic carbocycles. The topological polar surface area (TPSA) is 99.7 Å². The lowest BCUT2D eigenvalue weighted by atomic mass is 10.0. The predicted molar refractivity (Wildman–Crippen MR) is 128 cm³/mol. The molecule has 35 heavy (non-hydrogen) atoms. The third kappa shape index (κ3) is 4.70. The lowest BCUT2D eigenvalue weighted by molar-refractivity contribution is -0.384. The molecular weight excluding hydrogens is 448 g/mol. The minimum Gasteiger partial charge on any atom is -0.454 e. The largest absolute Gasteiger partial charge is 0.454 e. The molecule has 3 aromatic carbocycles. The minimum absolute atomic E-state index is 0.00247. The van der Waals surface area contributed by atoms with Crippen LogP contribution < -0.4 is 9.47 Å². The molecule has 0 radical (unpaired) electrons. The summed E-state index contributed by atoms with van der Waals surface area (Å²) in [6.45, 7) is 0.611. The molecular formula is C26H22N4O5. The van der Waals surface area contributed by atoms with Crippen molar-refractivity contribution in [1.29, 1.82) is 0 Å². The van der Waals surface area contributed by atoms with Crippen molar-refractivity contribution in [1.82, 2.24) is 14.7 Å². The average Bonchev–Trinajstić information content (AvgIpc) is 3.51. The van der Waals surface area contributed by atoms with Gasteiger partial charge in [-0.2, -0.15) is 5.10 Å². The molecule has 0 N–H and O–H groups in total. The summed E-state index contributed by atoms with van der Waals surface area (Å²) in [5.74, 6) is 1.29. The maximum absolute atomic E-state index is 13.2. The van der Waals surface area contributed by atoms with E-state index in [-0.39, 0.29) is 24.8 Å². The number of amides is 1. The Morgan fingerprint density at radius 1 is 1.06 bits per heavy atom. The molecule has 176 valence electrons. The molecule has 0 saturated heterocycles. The predicted octanol–water partition coefficient (Wildman–Crippen LogP) is 4.38. The van der Waals surface area contributed by atoms with E-state index in [4.69, 9.17) is 14.6 Å². The highest BCUT2D eigenvalue weighted by atomic mass is 16.7. The summed E-state index contributed by atoms with van der Waals surface area (Å²) in [6, 6.07) is 21.4. The maximum Gasteiger partial charge on any atom is 0.269 e. The van der Waals surface area contributed by atoms with Crippen LogP contribution in [0.15, 0.2) is 79.0 Å². The van der Waals surface area contributed by atoms with E-state index in [1.54, 1.807) is 28.8 Å². The fourth-order valence-corrected chi connectivity index (χ4v) is 3.94. The van der Waals surface area contributed by atoms with Gasteiger partial charge >= 0.3 is 0 Å². The van der Waals surface area contributed by atoms with Gasteiger partial charge in [-0.3, -0.25) is 14.9 Å². The fourth-order valence-electron chi connectivity index (χ4n) is 3.94. The number of aromatic nitrogens is 2. The molecule has 4 aromatic rings. The molecule has 9 heteroatoms. The van der Waals surface area contributed by atoms with Gasteiger partial charge in [-0.05, 0) is 42.0 Å². The van der Waals surface area contributed by atoms with Gasteiger partial charge in [-0.15, -0.1) is 0 Å². The van der Waals surface area contributed by atoms with Crippen LogP contribution in [0.5, 0.6) is 11.5 Å². The molecule has 1 aromatic heterocycles. The van der Waals surface area contributed by atoms with E-state index in [0.717, 1.165) is 16.8 Å². The van der Waals surface area contributed by atoms with Crippen LogP contribution in [-0.4, -0.2) is 39.4 Å². The third-order valence-corrected chi connectivity index (χ3v) is 5.79. The number of nitro benzene ring substituents is 1. The van der Waals surface area contributed by atoms with E-state index in [1.807, 2.05) is 54.7 Å². The molecule has 1 amide bonds. The number of carbonyl (C=O) groups excluding carboxylic acids is 1.